The summed E-state index contributed by atoms with van der Waals surface area (Å²) in [5.41, 5.74) is 3.15. The summed E-state index contributed by atoms with van der Waals surface area (Å²) in [6.07, 6.45) is 2.49. The van der Waals surface area contributed by atoms with Crippen LogP contribution in [0.2, 0.25) is 0 Å². The zero-order chi connectivity index (χ0) is 24.2. The van der Waals surface area contributed by atoms with E-state index in [1.165, 1.54) is 6.07 Å². The highest BCUT2D eigenvalue weighted by molar-refractivity contribution is 5.92. The highest BCUT2D eigenvalue weighted by Gasteiger charge is 2.35. The molecular weight excluding hydrogens is 433 g/mol. The molecule has 6 nitrogen and oxygen atoms in total. The van der Waals surface area contributed by atoms with Gasteiger partial charge in [0.1, 0.15) is 11.6 Å². The van der Waals surface area contributed by atoms with Gasteiger partial charge in [-0.05, 0) is 54.5 Å². The van der Waals surface area contributed by atoms with E-state index in [1.54, 1.807) is 24.0 Å². The maximum Gasteiger partial charge on any atom is 0.262 e. The molecule has 2 heterocycles. The number of carbonyl (C=O) groups is 1. The molecule has 0 aliphatic carbocycles. The Morgan fingerprint density at radius 1 is 1.26 bits per heavy atom. The minimum atomic E-state index is -0.247. The minimum Gasteiger partial charge on any atom is -0.484 e. The molecule has 1 N–H and O–H groups in total. The zero-order valence-corrected chi connectivity index (χ0v) is 20.1. The van der Waals surface area contributed by atoms with Crippen molar-refractivity contribution in [2.75, 3.05) is 18.5 Å². The largest absolute Gasteiger partial charge is 0.484 e. The van der Waals surface area contributed by atoms with Crippen molar-refractivity contribution in [3.8, 4) is 5.75 Å². The van der Waals surface area contributed by atoms with Crippen LogP contribution in [0.15, 0.2) is 54.7 Å². The molecule has 0 unspecified atom stereocenters. The summed E-state index contributed by atoms with van der Waals surface area (Å²) < 4.78 is 28.1. The number of hydrogen-bond acceptors (Lipinski definition) is 4. The van der Waals surface area contributed by atoms with E-state index in [0.29, 0.717) is 24.0 Å². The lowest BCUT2D eigenvalue weighted by atomic mass is 9.76. The Hall–Kier alpha value is -3.19. The smallest absolute Gasteiger partial charge is 0.262 e. The molecule has 1 fully saturated rings. The fraction of sp³-hybridized carbons (Fsp3) is 0.407. The second-order valence-electron chi connectivity index (χ2n) is 9.33. The number of benzene rings is 2. The fourth-order valence-corrected chi connectivity index (χ4v) is 4.69. The van der Waals surface area contributed by atoms with Gasteiger partial charge in [0.2, 0.25) is 0 Å². The average molecular weight is 466 g/mol. The van der Waals surface area contributed by atoms with Crippen molar-refractivity contribution in [1.82, 2.24) is 9.78 Å². The average Bonchev–Trinajstić information content (AvgIpc) is 3.14. The van der Waals surface area contributed by atoms with E-state index in [-0.39, 0.29) is 36.3 Å². The first-order chi connectivity index (χ1) is 16.3. The van der Waals surface area contributed by atoms with E-state index in [4.69, 9.17) is 9.47 Å². The van der Waals surface area contributed by atoms with Crippen molar-refractivity contribution < 1.29 is 18.7 Å². The third-order valence-corrected chi connectivity index (χ3v) is 6.47. The van der Waals surface area contributed by atoms with Gasteiger partial charge >= 0.3 is 0 Å². The highest BCUT2D eigenvalue weighted by atomic mass is 19.1. The summed E-state index contributed by atoms with van der Waals surface area (Å²) >= 11 is 0. The molecule has 4 rings (SSSR count). The molecule has 0 saturated carbocycles. The topological polar surface area (TPSA) is 65.4 Å². The number of aromatic nitrogens is 2. The van der Waals surface area contributed by atoms with Crippen LogP contribution in [0.1, 0.15) is 49.1 Å². The molecular formula is C27H32FN3O3. The number of nitrogens with zero attached hydrogens (tertiary/aromatic N) is 2. The Balaban J connectivity index is 1.42. The molecule has 1 saturated heterocycles. The third kappa shape index (κ3) is 5.47. The third-order valence-electron chi connectivity index (χ3n) is 6.47. The zero-order valence-electron chi connectivity index (χ0n) is 20.1. The number of anilines is 1. The van der Waals surface area contributed by atoms with Crippen LogP contribution in [0.3, 0.4) is 0 Å². The molecule has 34 heavy (non-hydrogen) atoms. The van der Waals surface area contributed by atoms with Crippen LogP contribution in [0, 0.1) is 24.6 Å². The Bertz CT molecular complexity index is 1140. The molecule has 3 atom stereocenters. The highest BCUT2D eigenvalue weighted by Crippen LogP contribution is 2.44. The first kappa shape index (κ1) is 24.0. The van der Waals surface area contributed by atoms with Crippen LogP contribution in [-0.2, 0) is 16.6 Å². The van der Waals surface area contributed by atoms with Gasteiger partial charge in [-0.15, -0.1) is 0 Å². The van der Waals surface area contributed by atoms with Crippen molar-refractivity contribution >= 4 is 11.6 Å². The summed E-state index contributed by atoms with van der Waals surface area (Å²) in [5.74, 6) is 0.806. The molecule has 0 spiro atoms. The molecule has 1 aliphatic heterocycles. The number of ether oxygens (including phenoxy) is 2. The summed E-state index contributed by atoms with van der Waals surface area (Å²) in [7, 11) is 1.81. The standard InChI is InChI=1S/C27H32FN3O3/c1-17(2)23-13-20(22-10-5-6-11-24(22)28)15-34-27(23)19-8-7-9-21(12-19)33-16-26(32)29-25-14-31(4)30-18(25)3/h5-12,14,17,20,23,27H,13,15-16H2,1-4H3,(H,29,32)/t20-,23-,27-/m0/s1. The van der Waals surface area contributed by atoms with E-state index in [9.17, 15) is 9.18 Å². The number of hydrogen-bond donors (Lipinski definition) is 1. The predicted molar refractivity (Wildman–Crippen MR) is 129 cm³/mol. The van der Waals surface area contributed by atoms with E-state index >= 15 is 0 Å². The van der Waals surface area contributed by atoms with Crippen molar-refractivity contribution in [3.05, 3.63) is 77.4 Å². The monoisotopic (exact) mass is 465 g/mol. The Kier molecular flexibility index (Phi) is 7.32. The number of halogens is 1. The summed E-state index contributed by atoms with van der Waals surface area (Å²) in [6, 6.07) is 14.7. The lowest BCUT2D eigenvalue weighted by molar-refractivity contribution is -0.118. The second kappa shape index (κ2) is 10.4. The van der Waals surface area contributed by atoms with E-state index in [0.717, 1.165) is 23.2 Å². The van der Waals surface area contributed by atoms with Crippen LogP contribution in [0.5, 0.6) is 5.75 Å². The Labute approximate surface area is 200 Å². The first-order valence-electron chi connectivity index (χ1n) is 11.7. The summed E-state index contributed by atoms with van der Waals surface area (Å²) in [6.45, 7) is 6.55. The van der Waals surface area contributed by atoms with E-state index in [2.05, 4.69) is 24.3 Å². The van der Waals surface area contributed by atoms with Crippen LogP contribution < -0.4 is 10.1 Å². The Morgan fingerprint density at radius 2 is 2.06 bits per heavy atom. The van der Waals surface area contributed by atoms with Crippen LogP contribution in [-0.4, -0.2) is 28.9 Å². The first-order valence-corrected chi connectivity index (χ1v) is 11.7. The minimum absolute atomic E-state index is 0.0314. The maximum atomic E-state index is 14.4. The van der Waals surface area contributed by atoms with Crippen molar-refractivity contribution in [2.45, 2.75) is 39.2 Å². The van der Waals surface area contributed by atoms with Gasteiger partial charge in [-0.1, -0.05) is 44.2 Å². The molecule has 0 bridgehead atoms. The van der Waals surface area contributed by atoms with Gasteiger partial charge < -0.3 is 14.8 Å². The fourth-order valence-electron chi connectivity index (χ4n) is 4.69. The molecule has 7 heteroatoms. The Morgan fingerprint density at radius 3 is 2.76 bits per heavy atom. The van der Waals surface area contributed by atoms with Gasteiger partial charge in [0.15, 0.2) is 6.61 Å². The molecule has 1 amide bonds. The molecule has 0 radical (unpaired) electrons. The van der Waals surface area contributed by atoms with Crippen molar-refractivity contribution in [1.29, 1.82) is 0 Å². The van der Waals surface area contributed by atoms with Crippen molar-refractivity contribution in [2.24, 2.45) is 18.9 Å². The quantitative estimate of drug-likeness (QED) is 0.507. The maximum absolute atomic E-state index is 14.4. The van der Waals surface area contributed by atoms with Gasteiger partial charge in [0, 0.05) is 19.2 Å². The summed E-state index contributed by atoms with van der Waals surface area (Å²) in [4.78, 5) is 12.3. The van der Waals surface area contributed by atoms with Crippen LogP contribution in [0.4, 0.5) is 10.1 Å². The SMILES string of the molecule is Cc1nn(C)cc1NC(=O)COc1cccc([C@@H]2OC[C@@H](c3ccccc3F)C[C@H]2C(C)C)c1. The molecule has 2 aromatic carbocycles. The van der Waals surface area contributed by atoms with Gasteiger partial charge in [-0.2, -0.15) is 5.10 Å². The number of carbonyl (C=O) groups excluding carboxylic acids is 1. The molecule has 1 aliphatic rings. The molecule has 180 valence electrons. The van der Waals surface area contributed by atoms with Gasteiger partial charge in [-0.25, -0.2) is 4.39 Å². The van der Waals surface area contributed by atoms with Crippen LogP contribution in [0.25, 0.3) is 0 Å². The lowest BCUT2D eigenvalue weighted by Crippen LogP contribution is -2.31. The van der Waals surface area contributed by atoms with Crippen molar-refractivity contribution in [3.63, 3.8) is 0 Å². The van der Waals surface area contributed by atoms with E-state index in [1.807, 2.05) is 43.3 Å². The number of aryl methyl sites for hydroxylation is 2. The number of rotatable bonds is 7. The number of nitrogens with one attached hydrogen (secondary N) is 1. The lowest BCUT2D eigenvalue weighted by Gasteiger charge is -2.39. The number of amides is 1. The summed E-state index contributed by atoms with van der Waals surface area (Å²) in [5, 5.41) is 7.05. The molecule has 1 aromatic heterocycles. The van der Waals surface area contributed by atoms with Crippen LogP contribution >= 0.6 is 0 Å². The van der Waals surface area contributed by atoms with Gasteiger partial charge in [-0.3, -0.25) is 9.48 Å². The normalized spacial score (nSPS) is 20.4. The van der Waals surface area contributed by atoms with Gasteiger partial charge in [0.25, 0.3) is 5.91 Å². The second-order valence-corrected chi connectivity index (χ2v) is 9.33. The van der Waals surface area contributed by atoms with E-state index < -0.39 is 0 Å². The van der Waals surface area contributed by atoms with Gasteiger partial charge in [0.05, 0.1) is 24.1 Å². The molecule has 3 aromatic rings. The predicted octanol–water partition coefficient (Wildman–Crippen LogP) is 5.40.